The predicted molar refractivity (Wildman–Crippen MR) is 94.0 cm³/mol. The summed E-state index contributed by atoms with van der Waals surface area (Å²) in [6.45, 7) is 4.34. The van der Waals surface area contributed by atoms with E-state index in [4.69, 9.17) is 28.7 Å². The second-order valence-corrected chi connectivity index (χ2v) is 6.37. The maximum Gasteiger partial charge on any atom is 0.466 e. The fraction of sp³-hybridized carbons (Fsp3) is 0.412. The van der Waals surface area contributed by atoms with Crippen LogP contribution in [0.25, 0.3) is 10.8 Å². The van der Waals surface area contributed by atoms with E-state index in [1.165, 1.54) is 16.3 Å². The predicted octanol–water partition coefficient (Wildman–Crippen LogP) is 3.58. The molecule has 2 rings (SSSR count). The molecule has 0 saturated carbocycles. The van der Waals surface area contributed by atoms with Gasteiger partial charge in [0.1, 0.15) is 5.75 Å². The average Bonchev–Trinajstić information content (AvgIpc) is 2.55. The summed E-state index contributed by atoms with van der Waals surface area (Å²) in [5, 5.41) is 2.42. The van der Waals surface area contributed by atoms with Crippen LogP contribution in [0.4, 0.5) is 0 Å². The van der Waals surface area contributed by atoms with Crippen molar-refractivity contribution in [2.45, 2.75) is 32.3 Å². The lowest BCUT2D eigenvalue weighted by Gasteiger charge is -2.31. The molecule has 0 bridgehead atoms. The van der Waals surface area contributed by atoms with E-state index in [9.17, 15) is 0 Å². The summed E-state index contributed by atoms with van der Waals surface area (Å²) in [5.74, 6) is 0.893. The molecule has 3 N–H and O–H groups in total. The van der Waals surface area contributed by atoms with Crippen LogP contribution in [0, 0.1) is 0 Å². The summed E-state index contributed by atoms with van der Waals surface area (Å²) in [5.41, 5.74) is 1.08. The molecule has 24 heavy (non-hydrogen) atoms. The molecule has 134 valence electrons. The van der Waals surface area contributed by atoms with Crippen molar-refractivity contribution < 1.29 is 28.7 Å². The molecule has 0 unspecified atom stereocenters. The van der Waals surface area contributed by atoms with Gasteiger partial charge >= 0.3 is 7.82 Å². The molecule has 0 fully saturated rings. The molecule has 0 amide bonds. The minimum atomic E-state index is -4.64. The zero-order valence-corrected chi connectivity index (χ0v) is 15.3. The van der Waals surface area contributed by atoms with Crippen molar-refractivity contribution >= 4 is 18.6 Å². The Labute approximate surface area is 142 Å². The van der Waals surface area contributed by atoms with Crippen LogP contribution < -0.4 is 4.74 Å². The number of methoxy groups -OCH3 is 2. The van der Waals surface area contributed by atoms with Crippen LogP contribution in [0.15, 0.2) is 36.4 Å². The van der Waals surface area contributed by atoms with Crippen LogP contribution in [0.1, 0.15) is 32.3 Å². The van der Waals surface area contributed by atoms with Gasteiger partial charge in [-0.3, -0.25) is 0 Å². The number of hydrogen-bond donors (Lipinski definition) is 3. The molecule has 2 aromatic carbocycles. The highest BCUT2D eigenvalue weighted by atomic mass is 31.2. The molecule has 0 aromatic heterocycles. The first-order valence-electron chi connectivity index (χ1n) is 7.60. The molecular weight excluding hydrogens is 331 g/mol. The highest BCUT2D eigenvalue weighted by Crippen LogP contribution is 2.34. The van der Waals surface area contributed by atoms with E-state index in [0.29, 0.717) is 0 Å². The summed E-state index contributed by atoms with van der Waals surface area (Å²) >= 11 is 0. The maximum atomic E-state index is 8.88. The first kappa shape index (κ1) is 20.6. The Balaban J connectivity index is 0.000000505. The van der Waals surface area contributed by atoms with Crippen LogP contribution in [0.2, 0.25) is 0 Å². The summed E-state index contributed by atoms with van der Waals surface area (Å²) < 4.78 is 19.9. The largest absolute Gasteiger partial charge is 0.497 e. The molecule has 0 saturated heterocycles. The lowest BCUT2D eigenvalue weighted by Crippen LogP contribution is -2.26. The third kappa shape index (κ3) is 5.58. The third-order valence-corrected chi connectivity index (χ3v) is 4.11. The van der Waals surface area contributed by atoms with Crippen molar-refractivity contribution in [1.82, 2.24) is 0 Å². The lowest BCUT2D eigenvalue weighted by atomic mass is 9.87. The van der Waals surface area contributed by atoms with Crippen LogP contribution in [-0.4, -0.2) is 28.9 Å². The second kappa shape index (κ2) is 8.60. The smallest absolute Gasteiger partial charge is 0.466 e. The zero-order valence-electron chi connectivity index (χ0n) is 14.4. The Morgan fingerprint density at radius 2 is 1.46 bits per heavy atom. The van der Waals surface area contributed by atoms with E-state index in [0.717, 1.165) is 18.6 Å². The van der Waals surface area contributed by atoms with E-state index in [2.05, 4.69) is 44.2 Å². The minimum Gasteiger partial charge on any atom is -0.497 e. The highest BCUT2D eigenvalue weighted by Gasteiger charge is 2.27. The standard InChI is InChI=1S/C17H22O2.H3O4P/c1-5-17(6-2,19-4)15-9-7-14-12-16(18-3)10-8-13(14)11-15;1-5(2,3)4/h7-12H,5-6H2,1-4H3;(H3,1,2,3,4). The van der Waals surface area contributed by atoms with Gasteiger partial charge < -0.3 is 24.2 Å². The summed E-state index contributed by atoms with van der Waals surface area (Å²) in [4.78, 5) is 21.6. The number of benzene rings is 2. The van der Waals surface area contributed by atoms with Crippen molar-refractivity contribution in [1.29, 1.82) is 0 Å². The van der Waals surface area contributed by atoms with Gasteiger partial charge in [0.15, 0.2) is 0 Å². The third-order valence-electron chi connectivity index (χ3n) is 4.11. The van der Waals surface area contributed by atoms with Gasteiger partial charge in [-0.1, -0.05) is 32.0 Å². The first-order valence-corrected chi connectivity index (χ1v) is 9.17. The SMILES string of the molecule is CCC(CC)(OC)c1ccc2cc(OC)ccc2c1.O=P(O)(O)O. The summed E-state index contributed by atoms with van der Waals surface area (Å²) in [6, 6.07) is 12.7. The number of phosphoric acid groups is 1. The fourth-order valence-corrected chi connectivity index (χ4v) is 2.70. The normalized spacial score (nSPS) is 11.8. The van der Waals surface area contributed by atoms with Crippen LogP contribution >= 0.6 is 7.82 Å². The lowest BCUT2D eigenvalue weighted by molar-refractivity contribution is -0.0216. The molecule has 7 heteroatoms. The fourth-order valence-electron chi connectivity index (χ4n) is 2.70. The summed E-state index contributed by atoms with van der Waals surface area (Å²) in [7, 11) is -1.15. The van der Waals surface area contributed by atoms with Crippen molar-refractivity contribution in [3.05, 3.63) is 42.0 Å². The van der Waals surface area contributed by atoms with Gasteiger partial charge in [0, 0.05) is 7.11 Å². The molecule has 6 nitrogen and oxygen atoms in total. The Hall–Kier alpha value is -1.43. The Morgan fingerprint density at radius 3 is 1.92 bits per heavy atom. The van der Waals surface area contributed by atoms with Gasteiger partial charge in [0.25, 0.3) is 0 Å². The topological polar surface area (TPSA) is 96.2 Å². The number of rotatable bonds is 5. The molecule has 2 aromatic rings. The number of ether oxygens (including phenoxy) is 2. The first-order chi connectivity index (χ1) is 11.2. The average molecular weight is 356 g/mol. The maximum absolute atomic E-state index is 8.88. The molecule has 0 aliphatic rings. The molecule has 0 heterocycles. The van der Waals surface area contributed by atoms with Gasteiger partial charge in [-0.2, -0.15) is 0 Å². The van der Waals surface area contributed by atoms with Gasteiger partial charge in [0.2, 0.25) is 0 Å². The molecule has 0 atom stereocenters. The van der Waals surface area contributed by atoms with E-state index in [1.54, 1.807) is 14.2 Å². The molecular formula is C17H25O6P. The van der Waals surface area contributed by atoms with Crippen molar-refractivity contribution in [3.63, 3.8) is 0 Å². The molecule has 0 aliphatic carbocycles. The minimum absolute atomic E-state index is 0.173. The van der Waals surface area contributed by atoms with Gasteiger partial charge in [-0.15, -0.1) is 0 Å². The van der Waals surface area contributed by atoms with Crippen LogP contribution in [0.3, 0.4) is 0 Å². The Kier molecular flexibility index (Phi) is 7.39. The Bertz CT molecular complexity index is 689. The van der Waals surface area contributed by atoms with Crippen LogP contribution in [-0.2, 0) is 14.9 Å². The number of fused-ring (bicyclic) bond motifs is 1. The quantitative estimate of drug-likeness (QED) is 0.709. The number of hydrogen-bond acceptors (Lipinski definition) is 3. The molecule has 0 radical (unpaired) electrons. The molecule has 0 aliphatic heterocycles. The van der Waals surface area contributed by atoms with Crippen molar-refractivity contribution in [2.75, 3.05) is 14.2 Å². The second-order valence-electron chi connectivity index (χ2n) is 5.35. The Morgan fingerprint density at radius 1 is 0.958 bits per heavy atom. The van der Waals surface area contributed by atoms with Crippen molar-refractivity contribution in [3.8, 4) is 5.75 Å². The van der Waals surface area contributed by atoms with Crippen LogP contribution in [0.5, 0.6) is 5.75 Å². The van der Waals surface area contributed by atoms with E-state index >= 15 is 0 Å². The van der Waals surface area contributed by atoms with Gasteiger partial charge in [-0.05, 0) is 47.4 Å². The van der Waals surface area contributed by atoms with Gasteiger partial charge in [0.05, 0.1) is 12.7 Å². The zero-order chi connectivity index (χ0) is 18.4. The highest BCUT2D eigenvalue weighted by molar-refractivity contribution is 7.45. The summed E-state index contributed by atoms with van der Waals surface area (Å²) in [6.07, 6.45) is 1.95. The van der Waals surface area contributed by atoms with E-state index < -0.39 is 7.82 Å². The van der Waals surface area contributed by atoms with Crippen molar-refractivity contribution in [2.24, 2.45) is 0 Å². The van der Waals surface area contributed by atoms with E-state index in [1.807, 2.05) is 6.07 Å². The van der Waals surface area contributed by atoms with E-state index in [-0.39, 0.29) is 5.60 Å². The van der Waals surface area contributed by atoms with Gasteiger partial charge in [-0.25, -0.2) is 4.57 Å². The molecule has 0 spiro atoms. The monoisotopic (exact) mass is 356 g/mol.